The van der Waals surface area contributed by atoms with Gasteiger partial charge in [0.15, 0.2) is 0 Å². The van der Waals surface area contributed by atoms with Gasteiger partial charge in [-0.1, -0.05) is 64.3 Å². The average Bonchev–Trinajstić information content (AvgIpc) is 2.52. The third-order valence-corrected chi connectivity index (χ3v) is 4.09. The summed E-state index contributed by atoms with van der Waals surface area (Å²) in [5.74, 6) is 0.721. The third-order valence-electron chi connectivity index (χ3n) is 4.09. The molecule has 120 valence electrons. The zero-order chi connectivity index (χ0) is 15.3. The first kappa shape index (κ1) is 18.2. The Balaban J connectivity index is 2.39. The van der Waals surface area contributed by atoms with Crippen LogP contribution in [0.15, 0.2) is 24.3 Å². The smallest absolute Gasteiger partial charge is 0.0719 e. The van der Waals surface area contributed by atoms with Crippen molar-refractivity contribution in [2.24, 2.45) is 5.92 Å². The van der Waals surface area contributed by atoms with Gasteiger partial charge in [0.25, 0.3) is 0 Å². The Labute approximate surface area is 131 Å². The highest BCUT2D eigenvalue weighted by molar-refractivity contribution is 5.26. The van der Waals surface area contributed by atoms with Gasteiger partial charge in [0.2, 0.25) is 0 Å². The number of benzene rings is 1. The van der Waals surface area contributed by atoms with Crippen molar-refractivity contribution in [3.05, 3.63) is 35.4 Å². The summed E-state index contributed by atoms with van der Waals surface area (Å²) in [5, 5.41) is 3.39. The molecule has 0 amide bonds. The van der Waals surface area contributed by atoms with Crippen LogP contribution in [0.2, 0.25) is 0 Å². The van der Waals surface area contributed by atoms with Gasteiger partial charge >= 0.3 is 0 Å². The van der Waals surface area contributed by atoms with Crippen LogP contribution in [0.5, 0.6) is 0 Å². The van der Waals surface area contributed by atoms with Gasteiger partial charge in [0, 0.05) is 6.61 Å². The lowest BCUT2D eigenvalue weighted by atomic mass is 10.0. The first-order chi connectivity index (χ1) is 10.3. The van der Waals surface area contributed by atoms with Gasteiger partial charge in [-0.15, -0.1) is 0 Å². The number of unbranched alkanes of at least 4 members (excludes halogenated alkanes) is 1. The van der Waals surface area contributed by atoms with Crippen LogP contribution >= 0.6 is 0 Å². The van der Waals surface area contributed by atoms with Gasteiger partial charge in [0.1, 0.15) is 0 Å². The van der Waals surface area contributed by atoms with Crippen molar-refractivity contribution >= 4 is 0 Å². The van der Waals surface area contributed by atoms with Crippen LogP contribution in [0, 0.1) is 5.92 Å². The number of rotatable bonds is 12. The van der Waals surface area contributed by atoms with E-state index in [1.165, 1.54) is 36.8 Å². The molecule has 1 atom stereocenters. The second-order valence-electron chi connectivity index (χ2n) is 5.80. The zero-order valence-electron chi connectivity index (χ0n) is 14.2. The summed E-state index contributed by atoms with van der Waals surface area (Å²) in [5.41, 5.74) is 2.76. The maximum absolute atomic E-state index is 6.00. The van der Waals surface area contributed by atoms with Crippen molar-refractivity contribution in [2.75, 3.05) is 19.7 Å². The molecule has 2 nitrogen and oxygen atoms in total. The number of likely N-dealkylation sites (N-methyl/N-ethyl adjacent to an activating group) is 1. The van der Waals surface area contributed by atoms with E-state index >= 15 is 0 Å². The summed E-state index contributed by atoms with van der Waals surface area (Å²) in [4.78, 5) is 0. The molecule has 1 unspecified atom stereocenters. The monoisotopic (exact) mass is 291 g/mol. The fourth-order valence-corrected chi connectivity index (χ4v) is 2.58. The van der Waals surface area contributed by atoms with E-state index in [0.717, 1.165) is 38.6 Å². The molecule has 0 radical (unpaired) electrons. The van der Waals surface area contributed by atoms with Crippen molar-refractivity contribution in [1.82, 2.24) is 5.32 Å². The summed E-state index contributed by atoms with van der Waals surface area (Å²) in [6.45, 7) is 10.4. The van der Waals surface area contributed by atoms with Gasteiger partial charge in [-0.05, 0) is 43.0 Å². The van der Waals surface area contributed by atoms with E-state index in [1.807, 2.05) is 0 Å². The Morgan fingerprint density at radius 2 is 1.86 bits per heavy atom. The Morgan fingerprint density at radius 3 is 2.52 bits per heavy atom. The minimum atomic E-state index is 0.721. The van der Waals surface area contributed by atoms with Crippen molar-refractivity contribution in [2.45, 2.75) is 59.5 Å². The molecule has 0 saturated heterocycles. The molecule has 21 heavy (non-hydrogen) atoms. The third kappa shape index (κ3) is 7.63. The van der Waals surface area contributed by atoms with Crippen LogP contribution in [-0.2, 0) is 17.8 Å². The molecule has 0 bridgehead atoms. The molecule has 0 fully saturated rings. The number of nitrogens with one attached hydrogen (secondary N) is 1. The predicted octanol–water partition coefficient (Wildman–Crippen LogP) is 4.57. The summed E-state index contributed by atoms with van der Waals surface area (Å²) in [6, 6.07) is 8.67. The highest BCUT2D eigenvalue weighted by Crippen LogP contribution is 2.15. The first-order valence-electron chi connectivity index (χ1n) is 8.66. The van der Waals surface area contributed by atoms with Crippen LogP contribution in [0.1, 0.15) is 57.6 Å². The molecule has 1 aromatic rings. The van der Waals surface area contributed by atoms with Gasteiger partial charge in [-0.2, -0.15) is 0 Å². The standard InChI is InChI=1S/C19H33NO/c1-4-7-10-17(5-2)15-21-16-19-12-9-8-11-18(19)13-14-20-6-3/h8-9,11-12,17,20H,4-7,10,13-16H2,1-3H3. The summed E-state index contributed by atoms with van der Waals surface area (Å²) in [6.07, 6.45) is 6.21. The molecule has 0 spiro atoms. The molecular formula is C19H33NO. The first-order valence-corrected chi connectivity index (χ1v) is 8.66. The molecular weight excluding hydrogens is 258 g/mol. The zero-order valence-corrected chi connectivity index (χ0v) is 14.2. The van der Waals surface area contributed by atoms with E-state index in [-0.39, 0.29) is 0 Å². The van der Waals surface area contributed by atoms with Crippen LogP contribution < -0.4 is 5.32 Å². The van der Waals surface area contributed by atoms with Gasteiger partial charge in [0.05, 0.1) is 6.61 Å². The molecule has 1 rings (SSSR count). The van der Waals surface area contributed by atoms with Gasteiger partial charge in [-0.3, -0.25) is 0 Å². The maximum Gasteiger partial charge on any atom is 0.0719 e. The minimum Gasteiger partial charge on any atom is -0.376 e. The highest BCUT2D eigenvalue weighted by Gasteiger charge is 2.07. The SMILES string of the molecule is CCCCC(CC)COCc1ccccc1CCNCC. The van der Waals surface area contributed by atoms with Crippen molar-refractivity contribution < 1.29 is 4.74 Å². The van der Waals surface area contributed by atoms with Crippen molar-refractivity contribution in [3.63, 3.8) is 0 Å². The predicted molar refractivity (Wildman–Crippen MR) is 91.7 cm³/mol. The van der Waals surface area contributed by atoms with E-state index in [2.05, 4.69) is 50.4 Å². The maximum atomic E-state index is 6.00. The van der Waals surface area contributed by atoms with Crippen LogP contribution in [0.25, 0.3) is 0 Å². The number of ether oxygens (including phenoxy) is 1. The van der Waals surface area contributed by atoms with Gasteiger partial charge in [-0.25, -0.2) is 0 Å². The summed E-state index contributed by atoms with van der Waals surface area (Å²) >= 11 is 0. The van der Waals surface area contributed by atoms with Crippen molar-refractivity contribution in [1.29, 1.82) is 0 Å². The molecule has 1 aromatic carbocycles. The molecule has 0 aliphatic carbocycles. The lowest BCUT2D eigenvalue weighted by molar-refractivity contribution is 0.0815. The second-order valence-corrected chi connectivity index (χ2v) is 5.80. The van der Waals surface area contributed by atoms with Crippen LogP contribution in [-0.4, -0.2) is 19.7 Å². The summed E-state index contributed by atoms with van der Waals surface area (Å²) < 4.78 is 6.00. The van der Waals surface area contributed by atoms with E-state index in [1.54, 1.807) is 0 Å². The Kier molecular flexibility index (Phi) is 10.2. The molecule has 2 heteroatoms. The Morgan fingerprint density at radius 1 is 1.10 bits per heavy atom. The van der Waals surface area contributed by atoms with Gasteiger partial charge < -0.3 is 10.1 Å². The molecule has 0 aliphatic rings. The van der Waals surface area contributed by atoms with Crippen LogP contribution in [0.4, 0.5) is 0 Å². The van der Waals surface area contributed by atoms with E-state index < -0.39 is 0 Å². The fraction of sp³-hybridized carbons (Fsp3) is 0.684. The van der Waals surface area contributed by atoms with Crippen LogP contribution in [0.3, 0.4) is 0 Å². The molecule has 1 N–H and O–H groups in total. The molecule has 0 aliphatic heterocycles. The minimum absolute atomic E-state index is 0.721. The normalized spacial score (nSPS) is 12.5. The number of hydrogen-bond donors (Lipinski definition) is 1. The quantitative estimate of drug-likeness (QED) is 0.569. The fourth-order valence-electron chi connectivity index (χ4n) is 2.58. The lowest BCUT2D eigenvalue weighted by Crippen LogP contribution is -2.17. The topological polar surface area (TPSA) is 21.3 Å². The molecule has 0 heterocycles. The van der Waals surface area contributed by atoms with E-state index in [4.69, 9.17) is 4.74 Å². The molecule has 0 aromatic heterocycles. The Bertz CT molecular complexity index is 364. The number of hydrogen-bond acceptors (Lipinski definition) is 2. The largest absolute Gasteiger partial charge is 0.376 e. The van der Waals surface area contributed by atoms with E-state index in [0.29, 0.717) is 0 Å². The second kappa shape index (κ2) is 11.8. The average molecular weight is 291 g/mol. The lowest BCUT2D eigenvalue weighted by Gasteiger charge is -2.16. The van der Waals surface area contributed by atoms with Crippen molar-refractivity contribution in [3.8, 4) is 0 Å². The van der Waals surface area contributed by atoms with E-state index in [9.17, 15) is 0 Å². The Hall–Kier alpha value is -0.860. The highest BCUT2D eigenvalue weighted by atomic mass is 16.5. The molecule has 0 saturated carbocycles. The summed E-state index contributed by atoms with van der Waals surface area (Å²) in [7, 11) is 0.